The Morgan fingerprint density at radius 2 is 1.75 bits per heavy atom. The zero-order valence-electron chi connectivity index (χ0n) is 12.7. The molecule has 2 aliphatic rings. The van der Waals surface area contributed by atoms with Gasteiger partial charge in [-0.05, 0) is 69.2 Å². The molecular weight excluding hydrogens is 246 g/mol. The zero-order chi connectivity index (χ0) is 14.1. The van der Waals surface area contributed by atoms with Crippen molar-refractivity contribution in [2.75, 3.05) is 4.90 Å². The van der Waals surface area contributed by atoms with Crippen molar-refractivity contribution in [3.05, 3.63) is 28.8 Å². The molecule has 0 radical (unpaired) electrons. The monoisotopic (exact) mass is 271 g/mol. The Labute approximate surface area is 122 Å². The van der Waals surface area contributed by atoms with Crippen LogP contribution in [0.1, 0.15) is 67.4 Å². The Hall–Kier alpha value is -1.31. The van der Waals surface area contributed by atoms with Crippen LogP contribution in [-0.4, -0.2) is 18.4 Å². The maximum atomic E-state index is 11.5. The molecule has 1 aromatic rings. The number of rotatable bonds is 4. The van der Waals surface area contributed by atoms with Crippen molar-refractivity contribution < 1.29 is 4.79 Å². The summed E-state index contributed by atoms with van der Waals surface area (Å²) in [4.78, 5) is 14.1. The molecule has 0 spiro atoms. The van der Waals surface area contributed by atoms with Crippen molar-refractivity contribution in [2.45, 2.75) is 70.9 Å². The molecule has 0 unspecified atom stereocenters. The molecule has 1 saturated carbocycles. The molecule has 2 heteroatoms. The van der Waals surface area contributed by atoms with E-state index in [0.717, 1.165) is 18.3 Å². The topological polar surface area (TPSA) is 20.3 Å². The van der Waals surface area contributed by atoms with Crippen LogP contribution < -0.4 is 4.90 Å². The molecule has 0 atom stereocenters. The predicted molar refractivity (Wildman–Crippen MR) is 83.7 cm³/mol. The highest BCUT2D eigenvalue weighted by atomic mass is 16.1. The van der Waals surface area contributed by atoms with Gasteiger partial charge in [-0.15, -0.1) is 0 Å². The van der Waals surface area contributed by atoms with E-state index in [4.69, 9.17) is 0 Å². The Kier molecular flexibility index (Phi) is 3.82. The average Bonchev–Trinajstić information content (AvgIpc) is 3.08. The molecule has 2 aliphatic carbocycles. The quantitative estimate of drug-likeness (QED) is 0.767. The standard InChI is InChI=1S/C18H25NO/c1-13(2)19(17-8-3-4-9-17)18-11-15-7-5-6-14(15)10-16(18)12-20/h10-13,17H,3-9H2,1-2H3. The Morgan fingerprint density at radius 1 is 1.10 bits per heavy atom. The SMILES string of the molecule is CC(C)N(c1cc2c(cc1C=O)CCC2)C1CCCC1. The normalized spacial score (nSPS) is 18.6. The second-order valence-electron chi connectivity index (χ2n) is 6.59. The number of fused-ring (bicyclic) bond motifs is 1. The third-order valence-corrected chi connectivity index (χ3v) is 4.92. The fourth-order valence-electron chi connectivity index (χ4n) is 4.03. The smallest absolute Gasteiger partial charge is 0.152 e. The highest BCUT2D eigenvalue weighted by molar-refractivity contribution is 5.86. The first kappa shape index (κ1) is 13.7. The van der Waals surface area contributed by atoms with E-state index in [9.17, 15) is 4.79 Å². The van der Waals surface area contributed by atoms with E-state index in [2.05, 4.69) is 30.9 Å². The minimum Gasteiger partial charge on any atom is -0.366 e. The summed E-state index contributed by atoms with van der Waals surface area (Å²) in [6.07, 6.45) is 9.81. The first-order chi connectivity index (χ1) is 9.70. The van der Waals surface area contributed by atoms with Gasteiger partial charge in [0.15, 0.2) is 6.29 Å². The van der Waals surface area contributed by atoms with Crippen LogP contribution in [-0.2, 0) is 12.8 Å². The van der Waals surface area contributed by atoms with E-state index in [1.54, 1.807) is 0 Å². The molecule has 0 saturated heterocycles. The number of carbonyl (C=O) groups is 1. The first-order valence-corrected chi connectivity index (χ1v) is 8.10. The first-order valence-electron chi connectivity index (χ1n) is 8.10. The molecule has 0 heterocycles. The van der Waals surface area contributed by atoms with Crippen LogP contribution in [0.4, 0.5) is 5.69 Å². The van der Waals surface area contributed by atoms with Crippen LogP contribution in [0, 0.1) is 0 Å². The van der Waals surface area contributed by atoms with Crippen molar-refractivity contribution >= 4 is 12.0 Å². The lowest BCUT2D eigenvalue weighted by atomic mass is 10.0. The van der Waals surface area contributed by atoms with Gasteiger partial charge < -0.3 is 4.90 Å². The summed E-state index contributed by atoms with van der Waals surface area (Å²) in [6.45, 7) is 4.50. The molecule has 2 nitrogen and oxygen atoms in total. The van der Waals surface area contributed by atoms with Gasteiger partial charge in [0.05, 0.1) is 0 Å². The molecule has 3 rings (SSSR count). The van der Waals surface area contributed by atoms with Gasteiger partial charge in [-0.1, -0.05) is 12.8 Å². The summed E-state index contributed by atoms with van der Waals surface area (Å²) in [5, 5.41) is 0. The van der Waals surface area contributed by atoms with Gasteiger partial charge in [0.25, 0.3) is 0 Å². The largest absolute Gasteiger partial charge is 0.366 e. The highest BCUT2D eigenvalue weighted by Crippen LogP contribution is 2.35. The number of hydrogen-bond acceptors (Lipinski definition) is 2. The van der Waals surface area contributed by atoms with Gasteiger partial charge in [-0.2, -0.15) is 0 Å². The summed E-state index contributed by atoms with van der Waals surface area (Å²) in [6, 6.07) is 5.53. The minimum absolute atomic E-state index is 0.455. The average molecular weight is 271 g/mol. The maximum Gasteiger partial charge on any atom is 0.152 e. The van der Waals surface area contributed by atoms with Crippen LogP contribution >= 0.6 is 0 Å². The molecule has 1 fully saturated rings. The number of aryl methyl sites for hydroxylation is 2. The van der Waals surface area contributed by atoms with Gasteiger partial charge >= 0.3 is 0 Å². The predicted octanol–water partition coefficient (Wildman–Crippen LogP) is 4.15. The summed E-state index contributed by atoms with van der Waals surface area (Å²) in [5.74, 6) is 0. The van der Waals surface area contributed by atoms with Gasteiger partial charge in [0.2, 0.25) is 0 Å². The maximum absolute atomic E-state index is 11.5. The van der Waals surface area contributed by atoms with E-state index in [0.29, 0.717) is 12.1 Å². The lowest BCUT2D eigenvalue weighted by molar-refractivity contribution is 0.112. The molecule has 0 bridgehead atoms. The molecule has 108 valence electrons. The second-order valence-corrected chi connectivity index (χ2v) is 6.59. The highest BCUT2D eigenvalue weighted by Gasteiger charge is 2.27. The number of carbonyl (C=O) groups excluding carboxylic acids is 1. The van der Waals surface area contributed by atoms with E-state index in [1.165, 1.54) is 55.3 Å². The summed E-state index contributed by atoms with van der Waals surface area (Å²) < 4.78 is 0. The van der Waals surface area contributed by atoms with Crippen LogP contribution in [0.3, 0.4) is 0 Å². The van der Waals surface area contributed by atoms with Gasteiger partial charge in [-0.25, -0.2) is 0 Å². The molecule has 0 aromatic heterocycles. The van der Waals surface area contributed by atoms with E-state index >= 15 is 0 Å². The number of benzene rings is 1. The number of aldehydes is 1. The van der Waals surface area contributed by atoms with Crippen LogP contribution in [0.2, 0.25) is 0 Å². The second kappa shape index (κ2) is 5.59. The van der Waals surface area contributed by atoms with E-state index in [-0.39, 0.29) is 0 Å². The van der Waals surface area contributed by atoms with Crippen molar-refractivity contribution in [3.63, 3.8) is 0 Å². The van der Waals surface area contributed by atoms with Gasteiger partial charge in [0, 0.05) is 23.3 Å². The van der Waals surface area contributed by atoms with E-state index in [1.807, 2.05) is 0 Å². The Morgan fingerprint density at radius 3 is 2.35 bits per heavy atom. The van der Waals surface area contributed by atoms with Crippen molar-refractivity contribution in [2.24, 2.45) is 0 Å². The van der Waals surface area contributed by atoms with Crippen LogP contribution in [0.25, 0.3) is 0 Å². The lowest BCUT2D eigenvalue weighted by Crippen LogP contribution is -2.39. The number of hydrogen-bond donors (Lipinski definition) is 0. The third kappa shape index (κ3) is 2.36. The zero-order valence-corrected chi connectivity index (χ0v) is 12.7. The molecular formula is C18H25NO. The third-order valence-electron chi connectivity index (χ3n) is 4.92. The lowest BCUT2D eigenvalue weighted by Gasteiger charge is -2.36. The molecule has 0 aliphatic heterocycles. The van der Waals surface area contributed by atoms with Crippen LogP contribution in [0.5, 0.6) is 0 Å². The van der Waals surface area contributed by atoms with Crippen molar-refractivity contribution in [3.8, 4) is 0 Å². The summed E-state index contributed by atoms with van der Waals surface area (Å²) in [7, 11) is 0. The van der Waals surface area contributed by atoms with Gasteiger partial charge in [-0.3, -0.25) is 4.79 Å². The van der Waals surface area contributed by atoms with Gasteiger partial charge in [0.1, 0.15) is 0 Å². The molecule has 1 aromatic carbocycles. The molecule has 20 heavy (non-hydrogen) atoms. The number of anilines is 1. The van der Waals surface area contributed by atoms with Crippen molar-refractivity contribution in [1.82, 2.24) is 0 Å². The van der Waals surface area contributed by atoms with Crippen molar-refractivity contribution in [1.29, 1.82) is 0 Å². The summed E-state index contributed by atoms with van der Waals surface area (Å²) >= 11 is 0. The van der Waals surface area contributed by atoms with Crippen LogP contribution in [0.15, 0.2) is 12.1 Å². The molecule has 0 N–H and O–H groups in total. The Bertz CT molecular complexity index is 500. The van der Waals surface area contributed by atoms with E-state index < -0.39 is 0 Å². The number of nitrogens with zero attached hydrogens (tertiary/aromatic N) is 1. The summed E-state index contributed by atoms with van der Waals surface area (Å²) in [5.41, 5.74) is 4.94. The molecule has 0 amide bonds. The minimum atomic E-state index is 0.455. The fraction of sp³-hybridized carbons (Fsp3) is 0.611. The Balaban J connectivity index is 2.03. The fourth-order valence-corrected chi connectivity index (χ4v) is 4.03.